The van der Waals surface area contributed by atoms with E-state index < -0.39 is 0 Å². The Labute approximate surface area is 181 Å². The minimum atomic E-state index is -0.0720. The monoisotopic (exact) mass is 424 g/mol. The number of rotatable bonds is 8. The third-order valence-corrected chi connectivity index (χ3v) is 5.81. The van der Waals surface area contributed by atoms with Crippen molar-refractivity contribution in [1.82, 2.24) is 9.47 Å². The Morgan fingerprint density at radius 2 is 1.73 bits per heavy atom. The summed E-state index contributed by atoms with van der Waals surface area (Å²) >= 11 is 6.35. The molecule has 4 rings (SSSR count). The number of nitrogens with zero attached hydrogens (tertiary/aromatic N) is 2. The number of ether oxygens (including phenoxy) is 2. The average Bonchev–Trinajstić information content (AvgIpc) is 3.52. The van der Waals surface area contributed by atoms with Gasteiger partial charge in [-0.2, -0.15) is 0 Å². The van der Waals surface area contributed by atoms with Gasteiger partial charge in [0.15, 0.2) is 0 Å². The first-order valence-corrected chi connectivity index (χ1v) is 10.4. The van der Waals surface area contributed by atoms with E-state index in [9.17, 15) is 4.79 Å². The summed E-state index contributed by atoms with van der Waals surface area (Å²) in [5, 5.41) is 0.742. The smallest absolute Gasteiger partial charge is 0.262 e. The number of halogens is 1. The highest BCUT2D eigenvalue weighted by Gasteiger charge is 2.36. The van der Waals surface area contributed by atoms with Crippen LogP contribution in [0, 0.1) is 0 Å². The highest BCUT2D eigenvalue weighted by atomic mass is 35.5. The van der Waals surface area contributed by atoms with Crippen LogP contribution in [0.1, 0.15) is 34.5 Å². The first-order chi connectivity index (χ1) is 14.6. The summed E-state index contributed by atoms with van der Waals surface area (Å²) in [6.07, 6.45) is 4.04. The predicted molar refractivity (Wildman–Crippen MR) is 117 cm³/mol. The van der Waals surface area contributed by atoms with E-state index in [4.69, 9.17) is 21.1 Å². The van der Waals surface area contributed by atoms with Crippen molar-refractivity contribution in [2.75, 3.05) is 14.2 Å². The summed E-state index contributed by atoms with van der Waals surface area (Å²) in [5.41, 5.74) is 2.58. The SMILES string of the molecule is COc1cccc(OC)c1C(=O)N(Cc1cccn1Cc1ccccc1Cl)C1CC1. The molecule has 1 aliphatic rings. The molecule has 0 radical (unpaired) electrons. The Kier molecular flexibility index (Phi) is 6.00. The summed E-state index contributed by atoms with van der Waals surface area (Å²) < 4.78 is 13.1. The van der Waals surface area contributed by atoms with E-state index in [1.54, 1.807) is 26.4 Å². The molecule has 2 aromatic carbocycles. The molecule has 156 valence electrons. The first kappa shape index (κ1) is 20.4. The molecule has 0 spiro atoms. The van der Waals surface area contributed by atoms with Gasteiger partial charge in [0.2, 0.25) is 0 Å². The van der Waals surface area contributed by atoms with E-state index in [1.807, 2.05) is 47.5 Å². The Balaban J connectivity index is 1.62. The van der Waals surface area contributed by atoms with Gasteiger partial charge in [0, 0.05) is 29.5 Å². The second-order valence-electron chi connectivity index (χ2n) is 7.42. The van der Waals surface area contributed by atoms with Crippen LogP contribution in [-0.2, 0) is 13.1 Å². The van der Waals surface area contributed by atoms with E-state index in [2.05, 4.69) is 10.6 Å². The largest absolute Gasteiger partial charge is 0.496 e. The lowest BCUT2D eigenvalue weighted by atomic mass is 10.1. The summed E-state index contributed by atoms with van der Waals surface area (Å²) in [6.45, 7) is 1.18. The maximum absolute atomic E-state index is 13.6. The fraction of sp³-hybridized carbons (Fsp3) is 0.292. The Morgan fingerprint density at radius 1 is 1.03 bits per heavy atom. The predicted octanol–water partition coefficient (Wildman–Crippen LogP) is 5.01. The second-order valence-corrected chi connectivity index (χ2v) is 7.83. The summed E-state index contributed by atoms with van der Waals surface area (Å²) in [6, 6.07) is 17.5. The fourth-order valence-electron chi connectivity index (χ4n) is 3.69. The number of amides is 1. The molecule has 5 nitrogen and oxygen atoms in total. The van der Waals surface area contributed by atoms with Crippen LogP contribution in [0.2, 0.25) is 5.02 Å². The maximum Gasteiger partial charge on any atom is 0.262 e. The molecule has 30 heavy (non-hydrogen) atoms. The average molecular weight is 425 g/mol. The van der Waals surface area contributed by atoms with Crippen molar-refractivity contribution in [3.05, 3.63) is 82.6 Å². The number of carbonyl (C=O) groups is 1. The minimum absolute atomic E-state index is 0.0720. The van der Waals surface area contributed by atoms with Crippen molar-refractivity contribution in [2.24, 2.45) is 0 Å². The van der Waals surface area contributed by atoms with Gasteiger partial charge in [0.1, 0.15) is 17.1 Å². The van der Waals surface area contributed by atoms with Crippen LogP contribution in [-0.4, -0.2) is 35.6 Å². The molecule has 0 unspecified atom stereocenters. The number of hydrogen-bond acceptors (Lipinski definition) is 3. The molecule has 1 fully saturated rings. The van der Waals surface area contributed by atoms with E-state index in [0.29, 0.717) is 30.2 Å². The molecule has 1 heterocycles. The van der Waals surface area contributed by atoms with E-state index in [-0.39, 0.29) is 11.9 Å². The van der Waals surface area contributed by atoms with Crippen LogP contribution in [0.25, 0.3) is 0 Å². The van der Waals surface area contributed by atoms with Gasteiger partial charge in [-0.1, -0.05) is 35.9 Å². The van der Waals surface area contributed by atoms with Gasteiger partial charge in [0.05, 0.1) is 20.8 Å². The topological polar surface area (TPSA) is 43.7 Å². The molecule has 0 N–H and O–H groups in total. The molecule has 1 amide bonds. The third-order valence-electron chi connectivity index (χ3n) is 5.44. The zero-order valence-corrected chi connectivity index (χ0v) is 17.9. The van der Waals surface area contributed by atoms with Crippen molar-refractivity contribution >= 4 is 17.5 Å². The molecule has 1 saturated carbocycles. The zero-order valence-electron chi connectivity index (χ0n) is 17.2. The molecule has 1 aromatic heterocycles. The summed E-state index contributed by atoms with van der Waals surface area (Å²) in [7, 11) is 3.14. The summed E-state index contributed by atoms with van der Waals surface area (Å²) in [5.74, 6) is 0.977. The zero-order chi connectivity index (χ0) is 21.1. The molecular formula is C24H25ClN2O3. The van der Waals surface area contributed by atoms with Gasteiger partial charge in [0.25, 0.3) is 5.91 Å². The molecule has 6 heteroatoms. The van der Waals surface area contributed by atoms with E-state index in [1.165, 1.54) is 0 Å². The van der Waals surface area contributed by atoms with Crippen LogP contribution in [0.5, 0.6) is 11.5 Å². The lowest BCUT2D eigenvalue weighted by molar-refractivity contribution is 0.0719. The van der Waals surface area contributed by atoms with Gasteiger partial charge in [-0.3, -0.25) is 4.79 Å². The molecule has 0 aliphatic heterocycles. The van der Waals surface area contributed by atoms with Gasteiger partial charge in [-0.05, 0) is 48.7 Å². The van der Waals surface area contributed by atoms with Crippen LogP contribution in [0.4, 0.5) is 0 Å². The Bertz CT molecular complexity index is 1020. The fourth-order valence-corrected chi connectivity index (χ4v) is 3.89. The highest BCUT2D eigenvalue weighted by Crippen LogP contribution is 2.35. The van der Waals surface area contributed by atoms with Crippen LogP contribution < -0.4 is 9.47 Å². The molecule has 3 aromatic rings. The number of hydrogen-bond donors (Lipinski definition) is 0. The van der Waals surface area contributed by atoms with Crippen LogP contribution in [0.15, 0.2) is 60.8 Å². The quantitative estimate of drug-likeness (QED) is 0.510. The summed E-state index contributed by atoms with van der Waals surface area (Å²) in [4.78, 5) is 15.5. The Morgan fingerprint density at radius 3 is 2.37 bits per heavy atom. The molecule has 0 bridgehead atoms. The third kappa shape index (κ3) is 4.17. The van der Waals surface area contributed by atoms with Crippen molar-refractivity contribution < 1.29 is 14.3 Å². The number of carbonyl (C=O) groups excluding carboxylic acids is 1. The highest BCUT2D eigenvalue weighted by molar-refractivity contribution is 6.31. The molecule has 0 saturated heterocycles. The van der Waals surface area contributed by atoms with Crippen molar-refractivity contribution in [1.29, 1.82) is 0 Å². The number of methoxy groups -OCH3 is 2. The van der Waals surface area contributed by atoms with Crippen LogP contribution >= 0.6 is 11.6 Å². The minimum Gasteiger partial charge on any atom is -0.496 e. The van der Waals surface area contributed by atoms with Crippen LogP contribution in [0.3, 0.4) is 0 Å². The van der Waals surface area contributed by atoms with Gasteiger partial charge >= 0.3 is 0 Å². The lowest BCUT2D eigenvalue weighted by Crippen LogP contribution is -2.34. The lowest BCUT2D eigenvalue weighted by Gasteiger charge is -2.25. The van der Waals surface area contributed by atoms with Crippen molar-refractivity contribution in [3.8, 4) is 11.5 Å². The Hall–Kier alpha value is -2.92. The molecule has 1 aliphatic carbocycles. The molecule has 0 atom stereocenters. The maximum atomic E-state index is 13.6. The van der Waals surface area contributed by atoms with Crippen molar-refractivity contribution in [3.63, 3.8) is 0 Å². The van der Waals surface area contributed by atoms with Crippen molar-refractivity contribution in [2.45, 2.75) is 32.0 Å². The number of benzene rings is 2. The standard InChI is InChI=1S/C24H25ClN2O3/c1-29-21-10-5-11-22(30-2)23(21)24(28)27(18-12-13-18)16-19-8-6-14-26(19)15-17-7-3-4-9-20(17)25/h3-11,14,18H,12-13,15-16H2,1-2H3. The van der Waals surface area contributed by atoms with E-state index >= 15 is 0 Å². The second kappa shape index (κ2) is 8.84. The first-order valence-electron chi connectivity index (χ1n) is 10.0. The van der Waals surface area contributed by atoms with Gasteiger partial charge < -0.3 is 18.9 Å². The normalized spacial score (nSPS) is 13.2. The van der Waals surface area contributed by atoms with Gasteiger partial charge in [-0.15, -0.1) is 0 Å². The number of aromatic nitrogens is 1. The van der Waals surface area contributed by atoms with E-state index in [0.717, 1.165) is 29.1 Å². The molecular weight excluding hydrogens is 400 g/mol. The van der Waals surface area contributed by atoms with Gasteiger partial charge in [-0.25, -0.2) is 0 Å².